The molecule has 0 aliphatic carbocycles. The average Bonchev–Trinajstić information content (AvgIpc) is 2.73. The van der Waals surface area contributed by atoms with Gasteiger partial charge in [0.15, 0.2) is 5.82 Å². The van der Waals surface area contributed by atoms with Crippen molar-refractivity contribution in [3.63, 3.8) is 0 Å². The van der Waals surface area contributed by atoms with Gasteiger partial charge in [-0.1, -0.05) is 23.2 Å². The van der Waals surface area contributed by atoms with E-state index in [1.165, 1.54) is 6.07 Å². The fourth-order valence-electron chi connectivity index (χ4n) is 2.13. The van der Waals surface area contributed by atoms with E-state index < -0.39 is 5.60 Å². The van der Waals surface area contributed by atoms with Crippen molar-refractivity contribution < 1.29 is 9.53 Å². The maximum absolute atomic E-state index is 12.2. The number of aromatic nitrogens is 2. The van der Waals surface area contributed by atoms with Crippen LogP contribution in [0.15, 0.2) is 6.07 Å². The summed E-state index contributed by atoms with van der Waals surface area (Å²) in [5.41, 5.74) is -0.531. The Balaban J connectivity index is 2.20. The normalized spacial score (nSPS) is 19.2. The molecule has 0 aromatic carbocycles. The summed E-state index contributed by atoms with van der Waals surface area (Å²) >= 11 is 11.8. The second kappa shape index (κ2) is 5.74. The van der Waals surface area contributed by atoms with Crippen LogP contribution in [0.2, 0.25) is 10.3 Å². The van der Waals surface area contributed by atoms with Gasteiger partial charge in [0.1, 0.15) is 15.9 Å². The highest BCUT2D eigenvalue weighted by Crippen LogP contribution is 2.32. The average molecular weight is 318 g/mol. The first-order chi connectivity index (χ1) is 9.26. The van der Waals surface area contributed by atoms with Crippen molar-refractivity contribution in [3.8, 4) is 0 Å². The predicted molar refractivity (Wildman–Crippen MR) is 77.0 cm³/mol. The Labute approximate surface area is 128 Å². The van der Waals surface area contributed by atoms with Crippen molar-refractivity contribution in [2.45, 2.75) is 45.3 Å². The Morgan fingerprint density at radius 3 is 2.50 bits per heavy atom. The molecule has 1 fully saturated rings. The maximum atomic E-state index is 12.2. The molecule has 0 bridgehead atoms. The fourth-order valence-corrected chi connectivity index (χ4v) is 2.57. The molecular weight excluding hydrogens is 301 g/mol. The second-order valence-electron chi connectivity index (χ2n) is 5.70. The summed E-state index contributed by atoms with van der Waals surface area (Å²) < 4.78 is 5.40. The summed E-state index contributed by atoms with van der Waals surface area (Å²) in [5, 5.41) is 0.548. The van der Waals surface area contributed by atoms with Gasteiger partial charge in [0.05, 0.1) is 6.04 Å². The van der Waals surface area contributed by atoms with Crippen LogP contribution in [-0.4, -0.2) is 33.1 Å². The molecule has 1 amide bonds. The van der Waals surface area contributed by atoms with E-state index in [4.69, 9.17) is 27.9 Å². The number of hydrogen-bond acceptors (Lipinski definition) is 4. The molecule has 0 unspecified atom stereocenters. The van der Waals surface area contributed by atoms with Gasteiger partial charge in [-0.2, -0.15) is 0 Å². The largest absolute Gasteiger partial charge is 0.444 e. The van der Waals surface area contributed by atoms with Crippen LogP contribution in [0.4, 0.5) is 4.79 Å². The zero-order chi connectivity index (χ0) is 14.9. The number of likely N-dealkylation sites (tertiary alicyclic amines) is 1. The molecule has 110 valence electrons. The van der Waals surface area contributed by atoms with Crippen LogP contribution in [0, 0.1) is 0 Å². The first-order valence-corrected chi connectivity index (χ1v) is 7.21. The smallest absolute Gasteiger partial charge is 0.410 e. The number of ether oxygens (including phenoxy) is 1. The fraction of sp³-hybridized carbons (Fsp3) is 0.615. The summed E-state index contributed by atoms with van der Waals surface area (Å²) in [6, 6.07) is 1.24. The van der Waals surface area contributed by atoms with Crippen LogP contribution in [0.25, 0.3) is 0 Å². The van der Waals surface area contributed by atoms with Gasteiger partial charge in [0.2, 0.25) is 0 Å². The Hall–Kier alpha value is -1.07. The van der Waals surface area contributed by atoms with E-state index in [0.717, 1.165) is 12.8 Å². The summed E-state index contributed by atoms with van der Waals surface area (Å²) in [4.78, 5) is 22.2. The third kappa shape index (κ3) is 3.73. The molecular formula is C13H17Cl2N3O2. The van der Waals surface area contributed by atoms with Crippen LogP contribution >= 0.6 is 23.2 Å². The van der Waals surface area contributed by atoms with Crippen LogP contribution in [0.5, 0.6) is 0 Å². The van der Waals surface area contributed by atoms with Crippen LogP contribution < -0.4 is 0 Å². The highest BCUT2D eigenvalue weighted by atomic mass is 35.5. The molecule has 20 heavy (non-hydrogen) atoms. The van der Waals surface area contributed by atoms with E-state index in [0.29, 0.717) is 12.4 Å². The minimum absolute atomic E-state index is 0.235. The van der Waals surface area contributed by atoms with Crippen molar-refractivity contribution in [3.05, 3.63) is 22.2 Å². The molecule has 1 aromatic rings. The monoisotopic (exact) mass is 317 g/mol. The lowest BCUT2D eigenvalue weighted by molar-refractivity contribution is 0.0218. The number of halogens is 2. The molecule has 1 aromatic heterocycles. The van der Waals surface area contributed by atoms with Crippen molar-refractivity contribution in [1.82, 2.24) is 14.9 Å². The Bertz CT molecular complexity index is 497. The lowest BCUT2D eigenvalue weighted by atomic mass is 10.2. The molecule has 1 aliphatic heterocycles. The highest BCUT2D eigenvalue weighted by Gasteiger charge is 2.35. The van der Waals surface area contributed by atoms with E-state index >= 15 is 0 Å². The molecule has 0 saturated carbocycles. The van der Waals surface area contributed by atoms with Crippen LogP contribution in [-0.2, 0) is 4.74 Å². The summed E-state index contributed by atoms with van der Waals surface area (Å²) in [6.45, 7) is 6.13. The quantitative estimate of drug-likeness (QED) is 0.738. The number of carbonyl (C=O) groups excluding carboxylic acids is 1. The number of rotatable bonds is 1. The molecule has 5 nitrogen and oxygen atoms in total. The third-order valence-corrected chi connectivity index (χ3v) is 3.25. The van der Waals surface area contributed by atoms with Gasteiger partial charge >= 0.3 is 6.09 Å². The van der Waals surface area contributed by atoms with Gasteiger partial charge in [-0.15, -0.1) is 0 Å². The highest BCUT2D eigenvalue weighted by molar-refractivity contribution is 6.33. The predicted octanol–water partition coefficient (Wildman–Crippen LogP) is 3.86. The van der Waals surface area contributed by atoms with Crippen LogP contribution in [0.3, 0.4) is 0 Å². The van der Waals surface area contributed by atoms with Crippen molar-refractivity contribution in [2.24, 2.45) is 0 Å². The zero-order valence-corrected chi connectivity index (χ0v) is 13.2. The number of carbonyl (C=O) groups is 1. The molecule has 2 heterocycles. The van der Waals surface area contributed by atoms with Crippen LogP contribution in [0.1, 0.15) is 45.5 Å². The third-order valence-electron chi connectivity index (χ3n) is 2.86. The molecule has 7 heteroatoms. The molecule has 2 rings (SSSR count). The van der Waals surface area contributed by atoms with Crippen molar-refractivity contribution in [1.29, 1.82) is 0 Å². The van der Waals surface area contributed by atoms with E-state index in [1.54, 1.807) is 4.90 Å². The van der Waals surface area contributed by atoms with E-state index in [1.807, 2.05) is 20.8 Å². The topological polar surface area (TPSA) is 55.3 Å². The lowest BCUT2D eigenvalue weighted by Crippen LogP contribution is -2.36. The van der Waals surface area contributed by atoms with E-state index in [2.05, 4.69) is 9.97 Å². The summed E-state index contributed by atoms with van der Waals surface area (Å²) in [6.07, 6.45) is 1.28. The SMILES string of the molecule is CC(C)(C)OC(=O)N1CCC[C@H]1c1nc(Cl)cc(Cl)n1. The molecule has 1 aliphatic rings. The van der Waals surface area contributed by atoms with Gasteiger partial charge < -0.3 is 4.74 Å². The zero-order valence-electron chi connectivity index (χ0n) is 11.7. The first kappa shape index (κ1) is 15.3. The van der Waals surface area contributed by atoms with E-state index in [-0.39, 0.29) is 22.4 Å². The number of amides is 1. The van der Waals surface area contributed by atoms with Gasteiger partial charge in [-0.25, -0.2) is 14.8 Å². The molecule has 0 radical (unpaired) electrons. The van der Waals surface area contributed by atoms with E-state index in [9.17, 15) is 4.79 Å². The van der Waals surface area contributed by atoms with Gasteiger partial charge in [0.25, 0.3) is 0 Å². The summed E-state index contributed by atoms with van der Waals surface area (Å²) in [7, 11) is 0. The van der Waals surface area contributed by atoms with Gasteiger partial charge in [-0.3, -0.25) is 4.90 Å². The van der Waals surface area contributed by atoms with Crippen molar-refractivity contribution in [2.75, 3.05) is 6.54 Å². The van der Waals surface area contributed by atoms with Gasteiger partial charge in [-0.05, 0) is 33.6 Å². The molecule has 1 atom stereocenters. The standard InChI is InChI=1S/C13H17Cl2N3O2/c1-13(2,3)20-12(19)18-6-4-5-8(18)11-16-9(14)7-10(15)17-11/h7-8H,4-6H2,1-3H3/t8-/m0/s1. The minimum Gasteiger partial charge on any atom is -0.444 e. The molecule has 1 saturated heterocycles. The minimum atomic E-state index is -0.531. The Morgan fingerprint density at radius 2 is 1.95 bits per heavy atom. The molecule has 0 N–H and O–H groups in total. The lowest BCUT2D eigenvalue weighted by Gasteiger charge is -2.28. The first-order valence-electron chi connectivity index (χ1n) is 6.46. The number of hydrogen-bond donors (Lipinski definition) is 0. The number of nitrogens with zero attached hydrogens (tertiary/aromatic N) is 3. The second-order valence-corrected chi connectivity index (χ2v) is 6.48. The summed E-state index contributed by atoms with van der Waals surface area (Å²) in [5.74, 6) is 0.464. The van der Waals surface area contributed by atoms with Gasteiger partial charge in [0, 0.05) is 12.6 Å². The Kier molecular flexibility index (Phi) is 4.39. The Morgan fingerprint density at radius 1 is 1.35 bits per heavy atom. The molecule has 0 spiro atoms. The maximum Gasteiger partial charge on any atom is 0.410 e. The van der Waals surface area contributed by atoms with Crippen molar-refractivity contribution >= 4 is 29.3 Å².